The van der Waals surface area contributed by atoms with Gasteiger partial charge in [0.05, 0.1) is 12.6 Å². The first kappa shape index (κ1) is 16.6. The molecule has 0 fully saturated rings. The minimum atomic E-state index is -0.329. The molecule has 5 heteroatoms. The Bertz CT molecular complexity index is 308. The van der Waals surface area contributed by atoms with Gasteiger partial charge in [-0.05, 0) is 5.54 Å². The zero-order chi connectivity index (χ0) is 12.8. The Morgan fingerprint density at radius 2 is 2.06 bits per heavy atom. The molecule has 1 heterocycles. The Balaban J connectivity index is 0. The molecule has 0 atom stereocenters. The summed E-state index contributed by atoms with van der Waals surface area (Å²) in [7, 11) is 0. The molecule has 4 nitrogen and oxygen atoms in total. The smallest absolute Gasteiger partial charge is 0.307 e. The van der Waals surface area contributed by atoms with Crippen molar-refractivity contribution < 1.29 is 9.53 Å². The number of aromatic nitrogens is 2. The fourth-order valence-corrected chi connectivity index (χ4v) is 0.495. The van der Waals surface area contributed by atoms with Gasteiger partial charge in [-0.15, -0.1) is 0 Å². The van der Waals surface area contributed by atoms with Gasteiger partial charge in [0.2, 0.25) is 0 Å². The number of halogens is 1. The monoisotopic (exact) mass is 242 g/mol. The zero-order valence-electron chi connectivity index (χ0n) is 9.17. The normalized spacial score (nSPS) is 7.12. The van der Waals surface area contributed by atoms with Crippen molar-refractivity contribution in [3.8, 4) is 0 Å². The van der Waals surface area contributed by atoms with Crippen LogP contribution in [-0.4, -0.2) is 15.5 Å². The van der Waals surface area contributed by atoms with Crippen LogP contribution in [-0.2, 0) is 9.53 Å². The van der Waals surface area contributed by atoms with Gasteiger partial charge in [0.15, 0.2) is 0 Å². The first-order valence-electron chi connectivity index (χ1n) is 4.21. The second-order valence-corrected chi connectivity index (χ2v) is 2.43. The average molecular weight is 243 g/mol. The number of rotatable bonds is 2. The van der Waals surface area contributed by atoms with Crippen LogP contribution in [0.5, 0.6) is 0 Å². The number of hydrogen-bond donors (Lipinski definition) is 0. The highest BCUT2D eigenvalue weighted by Crippen LogP contribution is 1.81. The number of carbonyl (C=O) groups is 1. The highest BCUT2D eigenvalue weighted by atomic mass is 35.5. The molecule has 0 amide bonds. The lowest BCUT2D eigenvalue weighted by atomic mass is 10.8. The molecule has 1 aromatic heterocycles. The maximum Gasteiger partial charge on any atom is 0.307 e. The molecule has 16 heavy (non-hydrogen) atoms. The van der Waals surface area contributed by atoms with Gasteiger partial charge in [0.25, 0.3) is 0 Å². The summed E-state index contributed by atoms with van der Waals surface area (Å²) in [6.45, 7) is 11.1. The Morgan fingerprint density at radius 1 is 1.50 bits per heavy atom. The average Bonchev–Trinajstić information content (AvgIpc) is 2.71. The Hall–Kier alpha value is -1.81. The van der Waals surface area contributed by atoms with E-state index in [2.05, 4.69) is 29.5 Å². The molecule has 0 saturated heterocycles. The third-order valence-corrected chi connectivity index (χ3v) is 0.985. The Labute approximate surface area is 101 Å². The molecule has 1 rings (SSSR count). The number of imidazole rings is 1. The minimum Gasteiger partial charge on any atom is -0.435 e. The molecular formula is C11H15ClN2O2. The van der Waals surface area contributed by atoms with E-state index in [0.29, 0.717) is 0 Å². The molecule has 0 aliphatic heterocycles. The molecule has 0 radical (unpaired) electrons. The number of esters is 1. The van der Waals surface area contributed by atoms with Crippen LogP contribution in [0, 0.1) is 0 Å². The van der Waals surface area contributed by atoms with E-state index in [1.807, 2.05) is 6.20 Å². The van der Waals surface area contributed by atoms with Gasteiger partial charge in [-0.1, -0.05) is 31.3 Å². The van der Waals surface area contributed by atoms with Crippen LogP contribution >= 0.6 is 11.6 Å². The molecule has 0 saturated carbocycles. The predicted molar refractivity (Wildman–Crippen MR) is 66.6 cm³/mol. The van der Waals surface area contributed by atoms with Gasteiger partial charge in [0, 0.05) is 25.5 Å². The van der Waals surface area contributed by atoms with Crippen LogP contribution in [0.25, 0.3) is 6.20 Å². The van der Waals surface area contributed by atoms with Gasteiger partial charge in [-0.25, -0.2) is 4.98 Å². The van der Waals surface area contributed by atoms with Crippen LogP contribution in [0.15, 0.2) is 50.3 Å². The SMILES string of the molecule is C=CCl.C=COC(C)=O.C=Cn1ccnc1. The van der Waals surface area contributed by atoms with Gasteiger partial charge in [-0.3, -0.25) is 4.79 Å². The first-order chi connectivity index (χ1) is 7.62. The Morgan fingerprint density at radius 3 is 2.19 bits per heavy atom. The maximum atomic E-state index is 9.75. The molecule has 0 N–H and O–H groups in total. The molecule has 0 aliphatic carbocycles. The summed E-state index contributed by atoms with van der Waals surface area (Å²) in [5.41, 5.74) is 1.22. The summed E-state index contributed by atoms with van der Waals surface area (Å²) in [5, 5.41) is 0. The molecule has 0 spiro atoms. The van der Waals surface area contributed by atoms with Gasteiger partial charge < -0.3 is 9.30 Å². The van der Waals surface area contributed by atoms with Crippen LogP contribution in [0.1, 0.15) is 6.92 Å². The summed E-state index contributed by atoms with van der Waals surface area (Å²) >= 11 is 4.76. The topological polar surface area (TPSA) is 44.1 Å². The van der Waals surface area contributed by atoms with E-state index in [0.717, 1.165) is 6.26 Å². The van der Waals surface area contributed by atoms with Crippen molar-refractivity contribution in [1.29, 1.82) is 0 Å². The highest BCUT2D eigenvalue weighted by Gasteiger charge is 1.79. The lowest BCUT2D eigenvalue weighted by Crippen LogP contribution is -1.87. The van der Waals surface area contributed by atoms with Crippen molar-refractivity contribution >= 4 is 23.8 Å². The summed E-state index contributed by atoms with van der Waals surface area (Å²) < 4.78 is 5.94. The fourth-order valence-electron chi connectivity index (χ4n) is 0.495. The van der Waals surface area contributed by atoms with Crippen molar-refractivity contribution in [3.05, 3.63) is 50.3 Å². The molecule has 0 unspecified atom stereocenters. The second-order valence-electron chi connectivity index (χ2n) is 2.12. The molecular weight excluding hydrogens is 228 g/mol. The van der Waals surface area contributed by atoms with Crippen molar-refractivity contribution in [2.75, 3.05) is 0 Å². The van der Waals surface area contributed by atoms with E-state index in [4.69, 9.17) is 11.6 Å². The lowest BCUT2D eigenvalue weighted by Gasteiger charge is -1.83. The highest BCUT2D eigenvalue weighted by molar-refractivity contribution is 6.25. The van der Waals surface area contributed by atoms with E-state index in [-0.39, 0.29) is 5.97 Å². The first-order valence-corrected chi connectivity index (χ1v) is 4.65. The third-order valence-electron chi connectivity index (χ3n) is 0.985. The van der Waals surface area contributed by atoms with Crippen molar-refractivity contribution in [1.82, 2.24) is 9.55 Å². The van der Waals surface area contributed by atoms with Gasteiger partial charge in [0.1, 0.15) is 0 Å². The van der Waals surface area contributed by atoms with E-state index in [9.17, 15) is 4.79 Å². The van der Waals surface area contributed by atoms with Crippen molar-refractivity contribution in [2.24, 2.45) is 0 Å². The Kier molecular flexibility index (Phi) is 13.7. The number of carbonyl (C=O) groups excluding carboxylic acids is 1. The molecule has 0 bridgehead atoms. The van der Waals surface area contributed by atoms with Crippen molar-refractivity contribution in [2.45, 2.75) is 6.92 Å². The van der Waals surface area contributed by atoms with Crippen LogP contribution in [0.3, 0.4) is 0 Å². The van der Waals surface area contributed by atoms with Crippen LogP contribution < -0.4 is 0 Å². The zero-order valence-corrected chi connectivity index (χ0v) is 9.93. The second kappa shape index (κ2) is 13.2. The predicted octanol–water partition coefficient (Wildman–Crippen LogP) is 3.05. The van der Waals surface area contributed by atoms with Crippen LogP contribution in [0.2, 0.25) is 0 Å². The van der Waals surface area contributed by atoms with Crippen molar-refractivity contribution in [3.63, 3.8) is 0 Å². The van der Waals surface area contributed by atoms with Gasteiger partial charge in [-0.2, -0.15) is 0 Å². The maximum absolute atomic E-state index is 9.75. The summed E-state index contributed by atoms with van der Waals surface area (Å²) in [6, 6.07) is 0. The largest absolute Gasteiger partial charge is 0.435 e. The van der Waals surface area contributed by atoms with E-state index in [1.54, 1.807) is 23.3 Å². The van der Waals surface area contributed by atoms with E-state index in [1.165, 1.54) is 12.5 Å². The van der Waals surface area contributed by atoms with Gasteiger partial charge >= 0.3 is 5.97 Å². The standard InChI is InChI=1S/C5H6N2.C4H6O2.C2H3Cl/c1-2-7-4-3-6-5-7;1-3-6-4(2)5;1-2-3/h2-5H,1H2;3H,1H2,2H3;2H,1H2. The lowest BCUT2D eigenvalue weighted by molar-refractivity contribution is -0.135. The summed E-state index contributed by atoms with van der Waals surface area (Å²) in [5.74, 6) is -0.329. The molecule has 0 aromatic carbocycles. The fraction of sp³-hybridized carbons (Fsp3) is 0.0909. The summed E-state index contributed by atoms with van der Waals surface area (Å²) in [4.78, 5) is 13.5. The number of ether oxygens (including phenoxy) is 1. The third kappa shape index (κ3) is 14.7. The molecule has 0 aliphatic rings. The molecule has 1 aromatic rings. The number of nitrogens with zero attached hydrogens (tertiary/aromatic N) is 2. The summed E-state index contributed by atoms with van der Waals surface area (Å²) in [6.07, 6.45) is 8.01. The molecule has 88 valence electrons. The van der Waals surface area contributed by atoms with Crippen LogP contribution in [0.4, 0.5) is 0 Å². The quantitative estimate of drug-likeness (QED) is 0.591. The van der Waals surface area contributed by atoms with E-state index >= 15 is 0 Å². The number of hydrogen-bond acceptors (Lipinski definition) is 3. The minimum absolute atomic E-state index is 0.329. The van der Waals surface area contributed by atoms with E-state index < -0.39 is 0 Å².